The van der Waals surface area contributed by atoms with E-state index in [9.17, 15) is 4.79 Å². The molecule has 1 atom stereocenters. The predicted molar refractivity (Wildman–Crippen MR) is 39.0 cm³/mol. The van der Waals surface area contributed by atoms with Gasteiger partial charge in [0.15, 0.2) is 0 Å². The Hall–Kier alpha value is -0.680. The summed E-state index contributed by atoms with van der Waals surface area (Å²) in [6.07, 6.45) is 0.0285. The number of hydrogen-bond donors (Lipinski definition) is 3. The Balaban J connectivity index is 2.37. The molecule has 1 rings (SSSR count). The third-order valence-corrected chi connectivity index (χ3v) is 1.86. The number of carboxylic acid groups (broad SMARTS) is 1. The first kappa shape index (κ1) is 7.43. The molecule has 1 aliphatic rings. The molecule has 1 unspecified atom stereocenters. The highest BCUT2D eigenvalue weighted by Gasteiger charge is 2.13. The van der Waals surface area contributed by atoms with Crippen molar-refractivity contribution in [3.8, 4) is 0 Å². The third-order valence-electron chi connectivity index (χ3n) is 1.03. The van der Waals surface area contributed by atoms with Crippen molar-refractivity contribution in [3.05, 3.63) is 11.1 Å². The van der Waals surface area contributed by atoms with Gasteiger partial charge in [0.05, 0.1) is 6.42 Å². The fourth-order valence-electron chi connectivity index (χ4n) is 0.662. The molecule has 4 nitrogen and oxygen atoms in total. The predicted octanol–water partition coefficient (Wildman–Crippen LogP) is -0.119. The Kier molecular flexibility index (Phi) is 2.18. The zero-order valence-corrected chi connectivity index (χ0v) is 6.02. The second-order valence-corrected chi connectivity index (χ2v) is 2.93. The molecular formula is C5H8N2O2S. The summed E-state index contributed by atoms with van der Waals surface area (Å²) in [5.41, 5.74) is 5.92. The lowest BCUT2D eigenvalue weighted by atomic mass is 10.3. The first-order valence-electron chi connectivity index (χ1n) is 2.77. The average Bonchev–Trinajstić information content (AvgIpc) is 2.13. The molecular weight excluding hydrogens is 152 g/mol. The van der Waals surface area contributed by atoms with E-state index in [1.807, 2.05) is 0 Å². The second-order valence-electron chi connectivity index (χ2n) is 1.91. The van der Waals surface area contributed by atoms with Crippen molar-refractivity contribution in [2.45, 2.75) is 11.9 Å². The zero-order chi connectivity index (χ0) is 7.56. The van der Waals surface area contributed by atoms with Gasteiger partial charge in [0.25, 0.3) is 0 Å². The van der Waals surface area contributed by atoms with E-state index in [2.05, 4.69) is 5.32 Å². The number of rotatable bonds is 2. The van der Waals surface area contributed by atoms with Crippen LogP contribution in [0.15, 0.2) is 11.1 Å². The number of aliphatic carboxylic acids is 1. The van der Waals surface area contributed by atoms with E-state index in [1.165, 1.54) is 11.8 Å². The molecule has 1 aliphatic heterocycles. The molecule has 0 bridgehead atoms. The van der Waals surface area contributed by atoms with Crippen molar-refractivity contribution in [2.75, 3.05) is 0 Å². The summed E-state index contributed by atoms with van der Waals surface area (Å²) in [5, 5.41) is 12.9. The molecule has 4 N–H and O–H groups in total. The molecule has 5 heteroatoms. The van der Waals surface area contributed by atoms with Gasteiger partial charge in [-0.05, 0) is 5.41 Å². The van der Waals surface area contributed by atoms with Crippen LogP contribution in [0.25, 0.3) is 0 Å². The molecule has 0 spiro atoms. The Morgan fingerprint density at radius 2 is 2.70 bits per heavy atom. The Morgan fingerprint density at radius 1 is 2.00 bits per heavy atom. The van der Waals surface area contributed by atoms with Crippen LogP contribution in [-0.4, -0.2) is 16.6 Å². The largest absolute Gasteiger partial charge is 0.481 e. The minimum Gasteiger partial charge on any atom is -0.481 e. The highest BCUT2D eigenvalue weighted by atomic mass is 32.2. The molecule has 0 fully saturated rings. The van der Waals surface area contributed by atoms with Gasteiger partial charge in [-0.15, -0.1) is 0 Å². The molecule has 0 aromatic carbocycles. The summed E-state index contributed by atoms with van der Waals surface area (Å²) >= 11 is 1.39. The number of carboxylic acids is 1. The number of thioether (sulfide) groups is 1. The Labute approximate surface area is 62.5 Å². The molecule has 0 saturated heterocycles. The van der Waals surface area contributed by atoms with Crippen LogP contribution < -0.4 is 11.1 Å². The SMILES string of the molecule is NC1NC(CC(=O)O)=CS1. The first-order chi connectivity index (χ1) is 4.68. The van der Waals surface area contributed by atoms with Gasteiger partial charge in [0, 0.05) is 5.70 Å². The minimum absolute atomic E-state index is 0.0285. The maximum Gasteiger partial charge on any atom is 0.309 e. The van der Waals surface area contributed by atoms with Crippen molar-refractivity contribution in [1.29, 1.82) is 0 Å². The van der Waals surface area contributed by atoms with E-state index in [1.54, 1.807) is 5.41 Å². The summed E-state index contributed by atoms with van der Waals surface area (Å²) < 4.78 is 0. The van der Waals surface area contributed by atoms with Crippen molar-refractivity contribution < 1.29 is 9.90 Å². The highest BCUT2D eigenvalue weighted by molar-refractivity contribution is 8.02. The standard InChI is InChI=1S/C5H8N2O2S/c6-5-7-3(2-10-5)1-4(8)9/h2,5,7H,1,6H2,(H,8,9). The van der Waals surface area contributed by atoms with Crippen LogP contribution in [0.4, 0.5) is 0 Å². The Morgan fingerprint density at radius 3 is 3.10 bits per heavy atom. The quantitative estimate of drug-likeness (QED) is 0.525. The van der Waals surface area contributed by atoms with E-state index in [4.69, 9.17) is 10.8 Å². The molecule has 56 valence electrons. The van der Waals surface area contributed by atoms with E-state index in [-0.39, 0.29) is 11.9 Å². The van der Waals surface area contributed by atoms with Gasteiger partial charge in [-0.2, -0.15) is 0 Å². The summed E-state index contributed by atoms with van der Waals surface area (Å²) in [6, 6.07) is 0. The fraction of sp³-hybridized carbons (Fsp3) is 0.400. The average molecular weight is 160 g/mol. The minimum atomic E-state index is -0.839. The van der Waals surface area contributed by atoms with E-state index in [0.29, 0.717) is 5.70 Å². The fourth-order valence-corrected chi connectivity index (χ4v) is 1.34. The van der Waals surface area contributed by atoms with Crippen molar-refractivity contribution in [3.63, 3.8) is 0 Å². The van der Waals surface area contributed by atoms with Crippen LogP contribution in [0, 0.1) is 0 Å². The van der Waals surface area contributed by atoms with Gasteiger partial charge in [0.2, 0.25) is 0 Å². The number of nitrogens with two attached hydrogens (primary N) is 1. The van der Waals surface area contributed by atoms with Crippen LogP contribution in [0.2, 0.25) is 0 Å². The van der Waals surface area contributed by atoms with Crippen LogP contribution in [0.3, 0.4) is 0 Å². The molecule has 0 aliphatic carbocycles. The van der Waals surface area contributed by atoms with E-state index < -0.39 is 5.97 Å². The smallest absolute Gasteiger partial charge is 0.309 e. The van der Waals surface area contributed by atoms with Gasteiger partial charge in [-0.3, -0.25) is 4.79 Å². The molecule has 0 aromatic heterocycles. The van der Waals surface area contributed by atoms with Crippen LogP contribution in [0.1, 0.15) is 6.42 Å². The molecule has 0 aromatic rings. The number of carbonyl (C=O) groups is 1. The summed E-state index contributed by atoms with van der Waals surface area (Å²) in [4.78, 5) is 10.1. The van der Waals surface area contributed by atoms with E-state index in [0.717, 1.165) is 0 Å². The lowest BCUT2D eigenvalue weighted by Crippen LogP contribution is -2.29. The highest BCUT2D eigenvalue weighted by Crippen LogP contribution is 2.18. The van der Waals surface area contributed by atoms with Gasteiger partial charge in [-0.25, -0.2) is 0 Å². The van der Waals surface area contributed by atoms with Crippen molar-refractivity contribution in [2.24, 2.45) is 5.73 Å². The van der Waals surface area contributed by atoms with Crippen LogP contribution in [-0.2, 0) is 4.79 Å². The Bertz CT molecular complexity index is 180. The molecule has 0 saturated carbocycles. The second kappa shape index (κ2) is 2.94. The van der Waals surface area contributed by atoms with Crippen molar-refractivity contribution in [1.82, 2.24) is 5.32 Å². The third kappa shape index (κ3) is 1.93. The zero-order valence-electron chi connectivity index (χ0n) is 5.20. The topological polar surface area (TPSA) is 75.3 Å². The molecule has 1 heterocycles. The molecule has 0 amide bonds. The number of hydrogen-bond acceptors (Lipinski definition) is 4. The molecule has 0 radical (unpaired) electrons. The maximum absolute atomic E-state index is 10.1. The number of nitrogens with one attached hydrogen (secondary N) is 1. The van der Waals surface area contributed by atoms with Gasteiger partial charge >= 0.3 is 5.97 Å². The van der Waals surface area contributed by atoms with Crippen molar-refractivity contribution >= 4 is 17.7 Å². The van der Waals surface area contributed by atoms with Crippen LogP contribution >= 0.6 is 11.8 Å². The lowest BCUT2D eigenvalue weighted by Gasteiger charge is -2.03. The molecule has 10 heavy (non-hydrogen) atoms. The first-order valence-corrected chi connectivity index (χ1v) is 3.71. The summed E-state index contributed by atoms with van der Waals surface area (Å²) in [6.45, 7) is 0. The normalized spacial score (nSPS) is 23.7. The monoisotopic (exact) mass is 160 g/mol. The van der Waals surface area contributed by atoms with Gasteiger partial charge in [0.1, 0.15) is 5.50 Å². The summed E-state index contributed by atoms with van der Waals surface area (Å²) in [7, 11) is 0. The van der Waals surface area contributed by atoms with Gasteiger partial charge < -0.3 is 16.2 Å². The van der Waals surface area contributed by atoms with Crippen LogP contribution in [0.5, 0.6) is 0 Å². The maximum atomic E-state index is 10.1. The summed E-state index contributed by atoms with van der Waals surface area (Å²) in [5.74, 6) is -0.839. The van der Waals surface area contributed by atoms with Gasteiger partial charge in [-0.1, -0.05) is 11.8 Å². The van der Waals surface area contributed by atoms with E-state index >= 15 is 0 Å². The lowest BCUT2D eigenvalue weighted by molar-refractivity contribution is -0.136.